The molecule has 126 valence electrons. The number of amides is 1. The van der Waals surface area contributed by atoms with Crippen molar-refractivity contribution in [2.24, 2.45) is 0 Å². The average Bonchev–Trinajstić information content (AvgIpc) is 2.65. The van der Waals surface area contributed by atoms with Crippen LogP contribution < -0.4 is 5.32 Å². The maximum absolute atomic E-state index is 12.4. The molecule has 1 aliphatic rings. The smallest absolute Gasteiger partial charge is 0.251 e. The van der Waals surface area contributed by atoms with E-state index in [2.05, 4.69) is 41.4 Å². The second kappa shape index (κ2) is 8.11. The summed E-state index contributed by atoms with van der Waals surface area (Å²) in [6.45, 7) is 4.98. The van der Waals surface area contributed by atoms with Crippen LogP contribution in [0.3, 0.4) is 0 Å². The molecular weight excluding hydrogens is 296 g/mol. The lowest BCUT2D eigenvalue weighted by Crippen LogP contribution is -2.40. The van der Waals surface area contributed by atoms with Gasteiger partial charge in [-0.25, -0.2) is 0 Å². The Morgan fingerprint density at radius 2 is 1.67 bits per heavy atom. The van der Waals surface area contributed by atoms with Crippen LogP contribution in [0.15, 0.2) is 54.6 Å². The lowest BCUT2D eigenvalue weighted by molar-refractivity contribution is 0.0924. The zero-order valence-electron chi connectivity index (χ0n) is 14.4. The highest BCUT2D eigenvalue weighted by Crippen LogP contribution is 2.24. The van der Waals surface area contributed by atoms with Crippen LogP contribution in [0.5, 0.6) is 0 Å². The molecule has 3 heteroatoms. The molecule has 1 amide bonds. The molecule has 1 aliphatic heterocycles. The van der Waals surface area contributed by atoms with Gasteiger partial charge in [-0.15, -0.1) is 0 Å². The standard InChI is InChI=1S/C21H26N2O/c1-17-10-12-18(13-11-17)20(23-14-6-3-7-15-23)16-22-21(24)19-8-4-2-5-9-19/h2,4-5,8-13,20H,3,6-7,14-16H2,1H3,(H,22,24)/t20-/m1/s1. The van der Waals surface area contributed by atoms with E-state index in [-0.39, 0.29) is 11.9 Å². The Labute approximate surface area is 144 Å². The molecule has 3 rings (SSSR count). The number of likely N-dealkylation sites (tertiary alicyclic amines) is 1. The minimum Gasteiger partial charge on any atom is -0.350 e. The summed E-state index contributed by atoms with van der Waals surface area (Å²) >= 11 is 0. The molecule has 0 unspecified atom stereocenters. The van der Waals surface area contributed by atoms with Gasteiger partial charge in [0.15, 0.2) is 0 Å². The zero-order chi connectivity index (χ0) is 16.8. The lowest BCUT2D eigenvalue weighted by atomic mass is 10.0. The van der Waals surface area contributed by atoms with E-state index in [1.54, 1.807) is 0 Å². The molecule has 0 radical (unpaired) electrons. The lowest BCUT2D eigenvalue weighted by Gasteiger charge is -2.35. The fourth-order valence-electron chi connectivity index (χ4n) is 3.36. The van der Waals surface area contributed by atoms with Gasteiger partial charge in [0.1, 0.15) is 0 Å². The summed E-state index contributed by atoms with van der Waals surface area (Å²) in [4.78, 5) is 14.9. The Kier molecular flexibility index (Phi) is 5.65. The normalized spacial score (nSPS) is 16.5. The molecule has 24 heavy (non-hydrogen) atoms. The molecule has 1 N–H and O–H groups in total. The molecule has 1 heterocycles. The van der Waals surface area contributed by atoms with Gasteiger partial charge in [-0.1, -0.05) is 54.4 Å². The average molecular weight is 322 g/mol. The van der Waals surface area contributed by atoms with Gasteiger partial charge in [0, 0.05) is 12.1 Å². The molecule has 2 aromatic carbocycles. The minimum atomic E-state index is 0.00437. The summed E-state index contributed by atoms with van der Waals surface area (Å²) in [5.74, 6) is 0.00437. The highest BCUT2D eigenvalue weighted by molar-refractivity contribution is 5.94. The molecule has 0 aromatic heterocycles. The zero-order valence-corrected chi connectivity index (χ0v) is 14.4. The van der Waals surface area contributed by atoms with Crippen molar-refractivity contribution in [3.63, 3.8) is 0 Å². The molecule has 0 saturated carbocycles. The highest BCUT2D eigenvalue weighted by Gasteiger charge is 2.23. The maximum atomic E-state index is 12.4. The minimum absolute atomic E-state index is 0.00437. The summed E-state index contributed by atoms with van der Waals surface area (Å²) < 4.78 is 0. The molecule has 2 aromatic rings. The van der Waals surface area contributed by atoms with Crippen molar-refractivity contribution in [3.05, 3.63) is 71.3 Å². The van der Waals surface area contributed by atoms with Crippen molar-refractivity contribution in [1.29, 1.82) is 0 Å². The number of hydrogen-bond donors (Lipinski definition) is 1. The van der Waals surface area contributed by atoms with Crippen molar-refractivity contribution >= 4 is 5.91 Å². The Morgan fingerprint density at radius 1 is 1.00 bits per heavy atom. The monoisotopic (exact) mass is 322 g/mol. The number of nitrogens with zero attached hydrogens (tertiary/aromatic N) is 1. The first-order chi connectivity index (χ1) is 11.7. The number of benzene rings is 2. The van der Waals surface area contributed by atoms with Crippen molar-refractivity contribution in [3.8, 4) is 0 Å². The van der Waals surface area contributed by atoms with Gasteiger partial charge >= 0.3 is 0 Å². The predicted octanol–water partition coefficient (Wildman–Crippen LogP) is 3.95. The van der Waals surface area contributed by atoms with E-state index in [1.165, 1.54) is 30.4 Å². The summed E-state index contributed by atoms with van der Waals surface area (Å²) in [5.41, 5.74) is 3.28. The van der Waals surface area contributed by atoms with E-state index in [0.717, 1.165) is 18.7 Å². The van der Waals surface area contributed by atoms with Crippen LogP contribution in [-0.2, 0) is 0 Å². The third kappa shape index (κ3) is 4.24. The van der Waals surface area contributed by atoms with E-state index in [9.17, 15) is 4.79 Å². The SMILES string of the molecule is Cc1ccc([C@@H](CNC(=O)c2ccccc2)N2CCCCC2)cc1. The molecule has 0 spiro atoms. The van der Waals surface area contributed by atoms with E-state index in [1.807, 2.05) is 30.3 Å². The predicted molar refractivity (Wildman–Crippen MR) is 98.1 cm³/mol. The molecular formula is C21H26N2O. The second-order valence-electron chi connectivity index (χ2n) is 6.60. The van der Waals surface area contributed by atoms with Crippen LogP contribution >= 0.6 is 0 Å². The Bertz CT molecular complexity index is 645. The van der Waals surface area contributed by atoms with Crippen molar-refractivity contribution < 1.29 is 4.79 Å². The number of carbonyl (C=O) groups excluding carboxylic acids is 1. The van der Waals surface area contributed by atoms with Crippen LogP contribution in [0.4, 0.5) is 0 Å². The number of nitrogens with one attached hydrogen (secondary N) is 1. The fourth-order valence-corrected chi connectivity index (χ4v) is 3.36. The van der Waals surface area contributed by atoms with E-state index >= 15 is 0 Å². The van der Waals surface area contributed by atoms with Gasteiger partial charge in [-0.2, -0.15) is 0 Å². The first kappa shape index (κ1) is 16.7. The maximum Gasteiger partial charge on any atom is 0.251 e. The van der Waals surface area contributed by atoms with Crippen LogP contribution in [-0.4, -0.2) is 30.4 Å². The molecule has 3 nitrogen and oxygen atoms in total. The van der Waals surface area contributed by atoms with Crippen molar-refractivity contribution in [2.45, 2.75) is 32.2 Å². The summed E-state index contributed by atoms with van der Waals surface area (Å²) in [7, 11) is 0. The summed E-state index contributed by atoms with van der Waals surface area (Å²) in [6.07, 6.45) is 3.80. The van der Waals surface area contributed by atoms with Crippen LogP contribution in [0.25, 0.3) is 0 Å². The van der Waals surface area contributed by atoms with Gasteiger partial charge in [0.05, 0.1) is 6.04 Å². The van der Waals surface area contributed by atoms with Gasteiger partial charge in [-0.3, -0.25) is 9.69 Å². The molecule has 0 aliphatic carbocycles. The number of carbonyl (C=O) groups is 1. The van der Waals surface area contributed by atoms with Gasteiger partial charge in [0.2, 0.25) is 0 Å². The van der Waals surface area contributed by atoms with Crippen LogP contribution in [0, 0.1) is 6.92 Å². The van der Waals surface area contributed by atoms with Crippen LogP contribution in [0.2, 0.25) is 0 Å². The summed E-state index contributed by atoms with van der Waals surface area (Å²) in [6, 6.07) is 18.4. The molecule has 1 atom stereocenters. The van der Waals surface area contributed by atoms with Crippen molar-refractivity contribution in [2.75, 3.05) is 19.6 Å². The number of hydrogen-bond acceptors (Lipinski definition) is 2. The Balaban J connectivity index is 1.72. The second-order valence-corrected chi connectivity index (χ2v) is 6.60. The topological polar surface area (TPSA) is 32.3 Å². The Morgan fingerprint density at radius 3 is 2.33 bits per heavy atom. The third-order valence-corrected chi connectivity index (χ3v) is 4.79. The quantitative estimate of drug-likeness (QED) is 0.904. The van der Waals surface area contributed by atoms with Gasteiger partial charge in [-0.05, 0) is 50.6 Å². The Hall–Kier alpha value is -2.13. The van der Waals surface area contributed by atoms with Gasteiger partial charge < -0.3 is 5.32 Å². The number of piperidine rings is 1. The number of rotatable bonds is 5. The number of aryl methyl sites for hydroxylation is 1. The van der Waals surface area contributed by atoms with Crippen LogP contribution in [0.1, 0.15) is 46.8 Å². The third-order valence-electron chi connectivity index (χ3n) is 4.79. The van der Waals surface area contributed by atoms with Crippen molar-refractivity contribution in [1.82, 2.24) is 10.2 Å². The molecule has 0 bridgehead atoms. The first-order valence-electron chi connectivity index (χ1n) is 8.88. The van der Waals surface area contributed by atoms with E-state index in [0.29, 0.717) is 6.54 Å². The highest BCUT2D eigenvalue weighted by atomic mass is 16.1. The van der Waals surface area contributed by atoms with E-state index < -0.39 is 0 Å². The first-order valence-corrected chi connectivity index (χ1v) is 8.88. The molecule has 1 fully saturated rings. The summed E-state index contributed by atoms with van der Waals surface area (Å²) in [5, 5.41) is 3.13. The van der Waals surface area contributed by atoms with E-state index in [4.69, 9.17) is 0 Å². The largest absolute Gasteiger partial charge is 0.350 e. The fraction of sp³-hybridized carbons (Fsp3) is 0.381. The molecule has 1 saturated heterocycles. The van der Waals surface area contributed by atoms with Gasteiger partial charge in [0.25, 0.3) is 5.91 Å².